The van der Waals surface area contributed by atoms with Crippen molar-refractivity contribution in [2.75, 3.05) is 0 Å². The topological polar surface area (TPSA) is 45.8 Å². The summed E-state index contributed by atoms with van der Waals surface area (Å²) in [6, 6.07) is 7.91. The van der Waals surface area contributed by atoms with Crippen LogP contribution in [0.3, 0.4) is 0 Å². The van der Waals surface area contributed by atoms with Crippen LogP contribution < -0.4 is 0 Å². The molecule has 0 unspecified atom stereocenters. The zero-order valence-electron chi connectivity index (χ0n) is 7.82. The molecular formula is C11H10N2O. The Hall–Kier alpha value is -1.90. The van der Waals surface area contributed by atoms with Gasteiger partial charge in [0.1, 0.15) is 5.69 Å². The molecule has 0 saturated carbocycles. The Kier molecular flexibility index (Phi) is 2.14. The van der Waals surface area contributed by atoms with Gasteiger partial charge in [0.05, 0.1) is 5.56 Å². The minimum Gasteiger partial charge on any atom is -0.298 e. The van der Waals surface area contributed by atoms with Crippen molar-refractivity contribution >= 4 is 6.29 Å². The smallest absolute Gasteiger partial charge is 0.153 e. The average Bonchev–Trinajstić information content (AvgIpc) is 2.67. The number of aromatic amines is 1. The zero-order chi connectivity index (χ0) is 9.97. The first-order valence-corrected chi connectivity index (χ1v) is 4.37. The van der Waals surface area contributed by atoms with Crippen LogP contribution in [-0.2, 0) is 0 Å². The molecule has 1 aromatic carbocycles. The number of carbonyl (C=O) groups excluding carboxylic acids is 1. The molecule has 0 radical (unpaired) electrons. The highest BCUT2D eigenvalue weighted by Crippen LogP contribution is 2.19. The molecule has 0 aliphatic heterocycles. The van der Waals surface area contributed by atoms with E-state index >= 15 is 0 Å². The predicted octanol–water partition coefficient (Wildman–Crippen LogP) is 2.20. The van der Waals surface area contributed by atoms with Crippen LogP contribution in [0.2, 0.25) is 0 Å². The molecule has 1 N–H and O–H groups in total. The number of nitrogens with zero attached hydrogens (tertiary/aromatic N) is 1. The third kappa shape index (κ3) is 1.44. The molecule has 3 nitrogen and oxygen atoms in total. The van der Waals surface area contributed by atoms with Crippen LogP contribution in [0.25, 0.3) is 11.3 Å². The zero-order valence-corrected chi connectivity index (χ0v) is 7.82. The number of aromatic nitrogens is 2. The second kappa shape index (κ2) is 3.46. The second-order valence-corrected chi connectivity index (χ2v) is 3.17. The van der Waals surface area contributed by atoms with Gasteiger partial charge in [-0.15, -0.1) is 0 Å². The van der Waals surface area contributed by atoms with Crippen molar-refractivity contribution in [2.24, 2.45) is 0 Å². The molecule has 0 aliphatic carbocycles. The summed E-state index contributed by atoms with van der Waals surface area (Å²) in [6.07, 6.45) is 2.40. The maximum Gasteiger partial charge on any atom is 0.153 e. The first-order chi connectivity index (χ1) is 6.81. The predicted molar refractivity (Wildman–Crippen MR) is 54.1 cm³/mol. The van der Waals surface area contributed by atoms with Crippen molar-refractivity contribution < 1.29 is 4.79 Å². The quantitative estimate of drug-likeness (QED) is 0.731. The number of H-pyrrole nitrogens is 1. The molecule has 0 aliphatic rings. The van der Waals surface area contributed by atoms with Gasteiger partial charge in [0.15, 0.2) is 6.29 Å². The van der Waals surface area contributed by atoms with E-state index in [2.05, 4.69) is 10.2 Å². The highest BCUT2D eigenvalue weighted by molar-refractivity contribution is 5.85. The average molecular weight is 186 g/mol. The van der Waals surface area contributed by atoms with Gasteiger partial charge in [-0.3, -0.25) is 9.89 Å². The fourth-order valence-electron chi connectivity index (χ4n) is 1.33. The molecule has 0 fully saturated rings. The summed E-state index contributed by atoms with van der Waals surface area (Å²) < 4.78 is 0. The van der Waals surface area contributed by atoms with E-state index in [1.54, 1.807) is 6.20 Å². The van der Waals surface area contributed by atoms with Crippen molar-refractivity contribution in [2.45, 2.75) is 6.92 Å². The lowest BCUT2D eigenvalue weighted by Gasteiger charge is -1.97. The minimum atomic E-state index is 0.592. The Balaban J connectivity index is 2.49. The molecule has 0 amide bonds. The SMILES string of the molecule is Cc1ccc(-c2n[nH]cc2C=O)cc1. The summed E-state index contributed by atoms with van der Waals surface area (Å²) in [7, 11) is 0. The van der Waals surface area contributed by atoms with Crippen molar-refractivity contribution in [1.29, 1.82) is 0 Å². The maximum absolute atomic E-state index is 10.7. The van der Waals surface area contributed by atoms with Crippen LogP contribution in [0, 0.1) is 6.92 Å². The lowest BCUT2D eigenvalue weighted by molar-refractivity contribution is 0.112. The number of benzene rings is 1. The molecule has 2 rings (SSSR count). The van der Waals surface area contributed by atoms with E-state index in [1.165, 1.54) is 5.56 Å². The van der Waals surface area contributed by atoms with Gasteiger partial charge in [0.2, 0.25) is 0 Å². The van der Waals surface area contributed by atoms with E-state index in [9.17, 15) is 4.79 Å². The van der Waals surface area contributed by atoms with Crippen LogP contribution in [0.4, 0.5) is 0 Å². The van der Waals surface area contributed by atoms with E-state index in [-0.39, 0.29) is 0 Å². The van der Waals surface area contributed by atoms with E-state index in [4.69, 9.17) is 0 Å². The third-order valence-corrected chi connectivity index (χ3v) is 2.12. The standard InChI is InChI=1S/C11H10N2O/c1-8-2-4-9(5-3-8)11-10(7-14)6-12-13-11/h2-7H,1H3,(H,12,13). The van der Waals surface area contributed by atoms with E-state index < -0.39 is 0 Å². The normalized spacial score (nSPS) is 10.1. The van der Waals surface area contributed by atoms with Gasteiger partial charge in [-0.1, -0.05) is 29.8 Å². The number of hydrogen-bond acceptors (Lipinski definition) is 2. The summed E-state index contributed by atoms with van der Waals surface area (Å²) in [6.45, 7) is 2.02. The van der Waals surface area contributed by atoms with Crippen LogP contribution in [0.1, 0.15) is 15.9 Å². The summed E-state index contributed by atoms with van der Waals surface area (Å²) in [5.74, 6) is 0. The number of hydrogen-bond donors (Lipinski definition) is 1. The van der Waals surface area contributed by atoms with Crippen molar-refractivity contribution in [3.05, 3.63) is 41.6 Å². The number of rotatable bonds is 2. The van der Waals surface area contributed by atoms with Crippen LogP contribution >= 0.6 is 0 Å². The van der Waals surface area contributed by atoms with Crippen molar-refractivity contribution in [3.8, 4) is 11.3 Å². The van der Waals surface area contributed by atoms with Gasteiger partial charge in [0.25, 0.3) is 0 Å². The molecule has 2 aromatic rings. The molecule has 0 bridgehead atoms. The van der Waals surface area contributed by atoms with Crippen LogP contribution in [-0.4, -0.2) is 16.5 Å². The molecule has 0 atom stereocenters. The van der Waals surface area contributed by atoms with Gasteiger partial charge in [-0.2, -0.15) is 5.10 Å². The van der Waals surface area contributed by atoms with Gasteiger partial charge in [-0.05, 0) is 6.92 Å². The third-order valence-electron chi connectivity index (χ3n) is 2.12. The summed E-state index contributed by atoms with van der Waals surface area (Å²) in [5.41, 5.74) is 3.45. The lowest BCUT2D eigenvalue weighted by atomic mass is 10.1. The van der Waals surface area contributed by atoms with Gasteiger partial charge >= 0.3 is 0 Å². The minimum absolute atomic E-state index is 0.592. The maximum atomic E-state index is 10.7. The highest BCUT2D eigenvalue weighted by atomic mass is 16.1. The Morgan fingerprint density at radius 2 is 2.00 bits per heavy atom. The van der Waals surface area contributed by atoms with E-state index in [0.717, 1.165) is 11.8 Å². The number of aryl methyl sites for hydroxylation is 1. The van der Waals surface area contributed by atoms with Crippen LogP contribution in [0.5, 0.6) is 0 Å². The number of carbonyl (C=O) groups is 1. The van der Waals surface area contributed by atoms with Gasteiger partial charge < -0.3 is 0 Å². The number of nitrogens with one attached hydrogen (secondary N) is 1. The molecule has 14 heavy (non-hydrogen) atoms. The van der Waals surface area contributed by atoms with Gasteiger partial charge in [0, 0.05) is 11.8 Å². The van der Waals surface area contributed by atoms with Gasteiger partial charge in [-0.25, -0.2) is 0 Å². The first kappa shape index (κ1) is 8.69. The van der Waals surface area contributed by atoms with Crippen molar-refractivity contribution in [3.63, 3.8) is 0 Å². The molecule has 0 spiro atoms. The lowest BCUT2D eigenvalue weighted by Crippen LogP contribution is -1.84. The molecule has 1 aromatic heterocycles. The molecule has 0 saturated heterocycles. The van der Waals surface area contributed by atoms with Crippen LogP contribution in [0.15, 0.2) is 30.5 Å². The van der Waals surface area contributed by atoms with Crippen molar-refractivity contribution in [1.82, 2.24) is 10.2 Å². The van der Waals surface area contributed by atoms with E-state index in [0.29, 0.717) is 11.3 Å². The highest BCUT2D eigenvalue weighted by Gasteiger charge is 2.06. The Labute approximate surface area is 81.8 Å². The Morgan fingerprint density at radius 3 is 2.64 bits per heavy atom. The Morgan fingerprint density at radius 1 is 1.29 bits per heavy atom. The molecule has 3 heteroatoms. The van der Waals surface area contributed by atoms with E-state index in [1.807, 2.05) is 31.2 Å². The first-order valence-electron chi connectivity index (χ1n) is 4.37. The monoisotopic (exact) mass is 186 g/mol. The fraction of sp³-hybridized carbons (Fsp3) is 0.0909. The largest absolute Gasteiger partial charge is 0.298 e. The summed E-state index contributed by atoms with van der Waals surface area (Å²) in [4.78, 5) is 10.7. The Bertz CT molecular complexity index is 443. The second-order valence-electron chi connectivity index (χ2n) is 3.17. The molecule has 70 valence electrons. The fourth-order valence-corrected chi connectivity index (χ4v) is 1.33. The molecular weight excluding hydrogens is 176 g/mol. The summed E-state index contributed by atoms with van der Waals surface area (Å²) in [5, 5.41) is 6.71. The summed E-state index contributed by atoms with van der Waals surface area (Å²) >= 11 is 0. The molecule has 1 heterocycles. The number of aldehydes is 1.